The Hall–Kier alpha value is -1.14. The third kappa shape index (κ3) is 2.67. The molecule has 0 saturated carbocycles. The number of hydrogen-bond acceptors (Lipinski definition) is 4. The SMILES string of the molecule is NCC(=O)NC1CN[C@H](C(=O)O)C1. The summed E-state index contributed by atoms with van der Waals surface area (Å²) in [6, 6.07) is -0.666. The molecule has 0 spiro atoms. The molecule has 13 heavy (non-hydrogen) atoms. The molecule has 0 aromatic rings. The van der Waals surface area contributed by atoms with Crippen LogP contribution in [0.5, 0.6) is 0 Å². The predicted molar refractivity (Wildman–Crippen MR) is 45.0 cm³/mol. The van der Waals surface area contributed by atoms with Crippen LogP contribution in [0.25, 0.3) is 0 Å². The summed E-state index contributed by atoms with van der Waals surface area (Å²) in [6.07, 6.45) is 0.418. The van der Waals surface area contributed by atoms with E-state index in [4.69, 9.17) is 10.8 Å². The van der Waals surface area contributed by atoms with Crippen molar-refractivity contribution in [3.8, 4) is 0 Å². The number of nitrogens with two attached hydrogens (primary N) is 1. The minimum absolute atomic E-state index is 0.0613. The predicted octanol–water partition coefficient (Wildman–Crippen LogP) is -2.12. The van der Waals surface area contributed by atoms with Crippen LogP contribution in [0.1, 0.15) is 6.42 Å². The molecule has 0 aromatic heterocycles. The molecule has 0 radical (unpaired) electrons. The number of carboxylic acids is 1. The lowest BCUT2D eigenvalue weighted by molar-refractivity contribution is -0.139. The van der Waals surface area contributed by atoms with E-state index in [1.54, 1.807) is 0 Å². The van der Waals surface area contributed by atoms with Gasteiger partial charge >= 0.3 is 5.97 Å². The van der Waals surface area contributed by atoms with Gasteiger partial charge in [0.05, 0.1) is 6.54 Å². The third-order valence-corrected chi connectivity index (χ3v) is 1.98. The number of hydrogen-bond donors (Lipinski definition) is 4. The molecule has 74 valence electrons. The van der Waals surface area contributed by atoms with Crippen LogP contribution in [-0.4, -0.2) is 42.2 Å². The molecule has 1 saturated heterocycles. The van der Waals surface area contributed by atoms with Crippen molar-refractivity contribution in [3.05, 3.63) is 0 Å². The number of amides is 1. The van der Waals surface area contributed by atoms with Crippen molar-refractivity contribution >= 4 is 11.9 Å². The van der Waals surface area contributed by atoms with E-state index in [0.717, 1.165) is 0 Å². The van der Waals surface area contributed by atoms with Crippen molar-refractivity contribution in [2.24, 2.45) is 5.73 Å². The Balaban J connectivity index is 2.33. The zero-order valence-corrected chi connectivity index (χ0v) is 7.12. The van der Waals surface area contributed by atoms with E-state index in [2.05, 4.69) is 10.6 Å². The summed E-state index contributed by atoms with van der Waals surface area (Å²) < 4.78 is 0. The molecule has 1 heterocycles. The highest BCUT2D eigenvalue weighted by molar-refractivity contribution is 5.78. The largest absolute Gasteiger partial charge is 0.480 e. The van der Waals surface area contributed by atoms with Gasteiger partial charge in [-0.2, -0.15) is 0 Å². The molecule has 0 bridgehead atoms. The smallest absolute Gasteiger partial charge is 0.320 e. The summed E-state index contributed by atoms with van der Waals surface area (Å²) in [5.74, 6) is -1.14. The van der Waals surface area contributed by atoms with E-state index >= 15 is 0 Å². The second kappa shape index (κ2) is 4.20. The van der Waals surface area contributed by atoms with E-state index < -0.39 is 12.0 Å². The molecule has 1 rings (SSSR count). The summed E-state index contributed by atoms with van der Waals surface area (Å²) in [5, 5.41) is 14.0. The number of carbonyl (C=O) groups is 2. The Morgan fingerprint density at radius 2 is 2.31 bits per heavy atom. The van der Waals surface area contributed by atoms with Crippen LogP contribution in [0, 0.1) is 0 Å². The van der Waals surface area contributed by atoms with Crippen LogP contribution in [-0.2, 0) is 9.59 Å². The molecule has 1 fully saturated rings. The lowest BCUT2D eigenvalue weighted by atomic mass is 10.2. The average molecular weight is 187 g/mol. The van der Waals surface area contributed by atoms with Gasteiger partial charge in [-0.15, -0.1) is 0 Å². The van der Waals surface area contributed by atoms with E-state index in [1.165, 1.54) is 0 Å². The molecule has 0 aliphatic carbocycles. The summed E-state index contributed by atoms with van der Waals surface area (Å²) >= 11 is 0. The maximum atomic E-state index is 10.8. The quantitative estimate of drug-likeness (QED) is 0.404. The Morgan fingerprint density at radius 3 is 2.77 bits per heavy atom. The number of carboxylic acid groups (broad SMARTS) is 1. The fourth-order valence-corrected chi connectivity index (χ4v) is 1.32. The minimum Gasteiger partial charge on any atom is -0.480 e. The van der Waals surface area contributed by atoms with Gasteiger partial charge in [-0.25, -0.2) is 0 Å². The molecule has 1 unspecified atom stereocenters. The molecular formula is C7H13N3O3. The van der Waals surface area contributed by atoms with E-state index in [0.29, 0.717) is 13.0 Å². The second-order valence-corrected chi connectivity index (χ2v) is 3.00. The van der Waals surface area contributed by atoms with Crippen LogP contribution in [0.4, 0.5) is 0 Å². The van der Waals surface area contributed by atoms with Crippen molar-refractivity contribution < 1.29 is 14.7 Å². The number of carbonyl (C=O) groups excluding carboxylic acids is 1. The Labute approximate surface area is 75.5 Å². The molecule has 2 atom stereocenters. The monoisotopic (exact) mass is 187 g/mol. The maximum absolute atomic E-state index is 10.8. The summed E-state index contributed by atoms with van der Waals surface area (Å²) in [4.78, 5) is 21.3. The molecule has 6 nitrogen and oxygen atoms in total. The summed E-state index contributed by atoms with van der Waals surface area (Å²) in [7, 11) is 0. The first-order valence-electron chi connectivity index (χ1n) is 4.09. The molecule has 0 aromatic carbocycles. The van der Waals surface area contributed by atoms with Gasteiger partial charge in [-0.3, -0.25) is 9.59 Å². The molecule has 6 heteroatoms. The molecule has 1 aliphatic heterocycles. The number of rotatable bonds is 3. The van der Waals surface area contributed by atoms with Gasteiger partial charge < -0.3 is 21.5 Å². The Bertz CT molecular complexity index is 219. The van der Waals surface area contributed by atoms with Gasteiger partial charge in [0.15, 0.2) is 0 Å². The van der Waals surface area contributed by atoms with E-state index in [-0.39, 0.29) is 18.5 Å². The highest BCUT2D eigenvalue weighted by Gasteiger charge is 2.29. The van der Waals surface area contributed by atoms with Crippen molar-refractivity contribution in [3.63, 3.8) is 0 Å². The first-order chi connectivity index (χ1) is 6.13. The zero-order chi connectivity index (χ0) is 9.84. The standard InChI is InChI=1S/C7H13N3O3/c8-2-6(11)10-4-1-5(7(12)13)9-3-4/h4-5,9H,1-3,8H2,(H,10,11)(H,12,13)/t4?,5-/m0/s1. The van der Waals surface area contributed by atoms with Gasteiger partial charge in [0, 0.05) is 12.6 Å². The van der Waals surface area contributed by atoms with E-state index in [9.17, 15) is 9.59 Å². The lowest BCUT2D eigenvalue weighted by Crippen LogP contribution is -2.39. The topological polar surface area (TPSA) is 104 Å². The molecule has 1 aliphatic rings. The molecule has 5 N–H and O–H groups in total. The summed E-state index contributed by atoms with van der Waals surface area (Å²) in [5.41, 5.74) is 5.10. The highest BCUT2D eigenvalue weighted by Crippen LogP contribution is 2.06. The fraction of sp³-hybridized carbons (Fsp3) is 0.714. The molecular weight excluding hydrogens is 174 g/mol. The van der Waals surface area contributed by atoms with Crippen LogP contribution < -0.4 is 16.4 Å². The first kappa shape index (κ1) is 9.94. The molecule has 1 amide bonds. The normalized spacial score (nSPS) is 27.2. The summed E-state index contributed by atoms with van der Waals surface area (Å²) in [6.45, 7) is 0.428. The van der Waals surface area contributed by atoms with Gasteiger partial charge in [0.2, 0.25) is 5.91 Å². The van der Waals surface area contributed by atoms with Gasteiger partial charge in [-0.1, -0.05) is 0 Å². The number of nitrogens with one attached hydrogen (secondary N) is 2. The third-order valence-electron chi connectivity index (χ3n) is 1.98. The van der Waals surface area contributed by atoms with Crippen LogP contribution in [0.2, 0.25) is 0 Å². The highest BCUT2D eigenvalue weighted by atomic mass is 16.4. The Kier molecular flexibility index (Phi) is 3.21. The zero-order valence-electron chi connectivity index (χ0n) is 7.12. The van der Waals surface area contributed by atoms with Crippen molar-refractivity contribution in [2.75, 3.05) is 13.1 Å². The van der Waals surface area contributed by atoms with Crippen LogP contribution >= 0.6 is 0 Å². The van der Waals surface area contributed by atoms with Crippen molar-refractivity contribution in [2.45, 2.75) is 18.5 Å². The van der Waals surface area contributed by atoms with Crippen LogP contribution in [0.3, 0.4) is 0 Å². The van der Waals surface area contributed by atoms with Gasteiger partial charge in [0.25, 0.3) is 0 Å². The average Bonchev–Trinajstić information content (AvgIpc) is 2.52. The van der Waals surface area contributed by atoms with Crippen molar-refractivity contribution in [1.82, 2.24) is 10.6 Å². The number of aliphatic carboxylic acids is 1. The lowest BCUT2D eigenvalue weighted by Gasteiger charge is -2.09. The van der Waals surface area contributed by atoms with Gasteiger partial charge in [-0.05, 0) is 6.42 Å². The second-order valence-electron chi connectivity index (χ2n) is 3.00. The first-order valence-corrected chi connectivity index (χ1v) is 4.09. The fourth-order valence-electron chi connectivity index (χ4n) is 1.32. The van der Waals surface area contributed by atoms with E-state index in [1.807, 2.05) is 0 Å². The Morgan fingerprint density at radius 1 is 1.62 bits per heavy atom. The van der Waals surface area contributed by atoms with Gasteiger partial charge in [0.1, 0.15) is 6.04 Å². The van der Waals surface area contributed by atoms with Crippen molar-refractivity contribution in [1.29, 1.82) is 0 Å². The maximum Gasteiger partial charge on any atom is 0.320 e. The minimum atomic E-state index is -0.885. The van der Waals surface area contributed by atoms with Crippen LogP contribution in [0.15, 0.2) is 0 Å².